The van der Waals surface area contributed by atoms with Gasteiger partial charge in [0.05, 0.1) is 33.8 Å². The molecule has 0 saturated heterocycles. The zero-order valence-electron chi connectivity index (χ0n) is 34.5. The molecule has 5 heteroatoms. The maximum atomic E-state index is 5.76. The molecule has 0 atom stereocenters. The van der Waals surface area contributed by atoms with Crippen LogP contribution < -0.4 is 16.4 Å². The molecule has 61 heavy (non-hydrogen) atoms. The van der Waals surface area contributed by atoms with Crippen LogP contribution in [0.1, 0.15) is 50.2 Å². The number of aromatic nitrogens is 4. The van der Waals surface area contributed by atoms with E-state index in [9.17, 15) is 0 Å². The van der Waals surface area contributed by atoms with Crippen molar-refractivity contribution in [3.05, 3.63) is 186 Å². The molecule has 2 aliphatic heterocycles. The highest BCUT2D eigenvalue weighted by molar-refractivity contribution is 7.00. The van der Waals surface area contributed by atoms with Crippen molar-refractivity contribution in [1.29, 1.82) is 0 Å². The summed E-state index contributed by atoms with van der Waals surface area (Å²) in [6.07, 6.45) is 0. The van der Waals surface area contributed by atoms with Crippen molar-refractivity contribution in [2.45, 2.75) is 38.5 Å². The molecule has 0 spiro atoms. The van der Waals surface area contributed by atoms with Gasteiger partial charge in [0.1, 0.15) is 0 Å². The number of hydrogen-bond acceptors (Lipinski definition) is 2. The third kappa shape index (κ3) is 4.07. The Kier molecular flexibility index (Phi) is 6.23. The molecule has 0 unspecified atom stereocenters. The van der Waals surface area contributed by atoms with Gasteiger partial charge in [-0.3, -0.25) is 0 Å². The maximum Gasteiger partial charge on any atom is 0.252 e. The Hall–Kier alpha value is -7.24. The highest BCUT2D eigenvalue weighted by Crippen LogP contribution is 2.52. The second kappa shape index (κ2) is 11.3. The monoisotopic (exact) mass is 778 g/mol. The SMILES string of the molecule is CC1(C)c2ccccc2-c2ccc3c4c2c1nn4-c1cc(-c2c(-c4ccccc4)cccc2-c2ccccc2)cc2c1B3c1ccc3c4c(nn-2c14)C(C)(C)c1ccccc1-3. The van der Waals surface area contributed by atoms with E-state index >= 15 is 0 Å². The normalized spacial score (nSPS) is 15.1. The summed E-state index contributed by atoms with van der Waals surface area (Å²) in [4.78, 5) is 0. The number of rotatable bonds is 3. The molecule has 4 heterocycles. The van der Waals surface area contributed by atoms with Gasteiger partial charge in [-0.05, 0) is 95.3 Å². The number of fused-ring (bicyclic) bond motifs is 8. The van der Waals surface area contributed by atoms with E-state index in [0.29, 0.717) is 0 Å². The minimum absolute atomic E-state index is 0.00484. The highest BCUT2D eigenvalue weighted by atomic mass is 15.3. The Morgan fingerprint density at radius 1 is 0.410 bits per heavy atom. The van der Waals surface area contributed by atoms with Gasteiger partial charge in [-0.25, -0.2) is 9.36 Å². The minimum atomic E-state index is -0.292. The third-order valence-electron chi connectivity index (χ3n) is 14.7. The van der Waals surface area contributed by atoms with Crippen LogP contribution in [0.5, 0.6) is 0 Å². The summed E-state index contributed by atoms with van der Waals surface area (Å²) < 4.78 is 4.64. The Morgan fingerprint density at radius 3 is 1.31 bits per heavy atom. The molecule has 0 saturated carbocycles. The van der Waals surface area contributed by atoms with Gasteiger partial charge in [0.2, 0.25) is 0 Å². The van der Waals surface area contributed by atoms with Crippen molar-refractivity contribution in [1.82, 2.24) is 19.6 Å². The van der Waals surface area contributed by atoms with E-state index in [1.54, 1.807) is 0 Å². The molecule has 0 radical (unpaired) electrons. The summed E-state index contributed by atoms with van der Waals surface area (Å²) in [5.74, 6) is 0. The summed E-state index contributed by atoms with van der Waals surface area (Å²) in [6.45, 7) is 9.40. The van der Waals surface area contributed by atoms with Crippen LogP contribution >= 0.6 is 0 Å². The van der Waals surface area contributed by atoms with E-state index < -0.39 is 0 Å². The quantitative estimate of drug-likeness (QED) is 0.168. The van der Waals surface area contributed by atoms with Crippen LogP contribution in [0.3, 0.4) is 0 Å². The van der Waals surface area contributed by atoms with Crippen molar-refractivity contribution >= 4 is 44.9 Å². The number of benzene rings is 8. The first-order valence-electron chi connectivity index (χ1n) is 21.6. The molecule has 286 valence electrons. The highest BCUT2D eigenvalue weighted by Gasteiger charge is 2.47. The lowest BCUT2D eigenvalue weighted by Gasteiger charge is -2.34. The predicted molar refractivity (Wildman–Crippen MR) is 252 cm³/mol. The number of nitrogens with zero attached hydrogens (tertiary/aromatic N) is 4. The first kappa shape index (κ1) is 33.6. The van der Waals surface area contributed by atoms with Crippen molar-refractivity contribution in [2.75, 3.05) is 0 Å². The van der Waals surface area contributed by atoms with E-state index in [1.165, 1.54) is 99.4 Å². The van der Waals surface area contributed by atoms with Crippen molar-refractivity contribution < 1.29 is 0 Å². The fourth-order valence-electron chi connectivity index (χ4n) is 11.9. The molecule has 0 amide bonds. The minimum Gasteiger partial charge on any atom is -0.234 e. The maximum absolute atomic E-state index is 5.76. The zero-order chi connectivity index (χ0) is 40.5. The van der Waals surface area contributed by atoms with Crippen LogP contribution in [0.2, 0.25) is 0 Å². The molecule has 8 aromatic carbocycles. The summed E-state index contributed by atoms with van der Waals surface area (Å²) in [5, 5.41) is 14.1. The molecule has 10 aromatic rings. The Morgan fingerprint density at radius 2 is 0.836 bits per heavy atom. The summed E-state index contributed by atoms with van der Waals surface area (Å²) in [5.41, 5.74) is 25.2. The lowest BCUT2D eigenvalue weighted by molar-refractivity contribution is 0.608. The van der Waals surface area contributed by atoms with Crippen LogP contribution in [0.4, 0.5) is 0 Å². The second-order valence-corrected chi connectivity index (χ2v) is 18.5. The van der Waals surface area contributed by atoms with Crippen molar-refractivity contribution in [3.8, 4) is 67.0 Å². The van der Waals surface area contributed by atoms with Gasteiger partial charge in [-0.15, -0.1) is 0 Å². The molecule has 14 rings (SSSR count). The van der Waals surface area contributed by atoms with Gasteiger partial charge in [-0.1, -0.05) is 179 Å². The first-order chi connectivity index (χ1) is 29.8. The van der Waals surface area contributed by atoms with E-state index in [-0.39, 0.29) is 17.5 Å². The Labute approximate surface area is 354 Å². The van der Waals surface area contributed by atoms with Crippen LogP contribution in [0.15, 0.2) is 164 Å². The van der Waals surface area contributed by atoms with Crippen molar-refractivity contribution in [2.24, 2.45) is 0 Å². The van der Waals surface area contributed by atoms with Crippen LogP contribution in [0, 0.1) is 0 Å². The zero-order valence-corrected chi connectivity index (χ0v) is 34.5. The Bertz CT molecular complexity index is 3360. The second-order valence-electron chi connectivity index (χ2n) is 18.5. The summed E-state index contributed by atoms with van der Waals surface area (Å²) in [6, 6.07) is 60.9. The standard InChI is InChI=1S/C56H39BN4/c1-55(2)41-24-13-11-20-37(41)39-26-28-43-51-48(39)53(55)58-60(51)45-30-34(47-35(32-16-7-5-8-17-32)22-15-23-36(47)33-18-9-6-10-19-33)31-46-50(45)57(43)44-29-27-40-38-21-12-14-25-42(38)56(3,4)54-49(40)52(44)61(46)59-54/h5-31H,1-4H3. The van der Waals surface area contributed by atoms with E-state index in [4.69, 9.17) is 10.2 Å². The molecule has 2 aliphatic carbocycles. The van der Waals surface area contributed by atoms with Crippen molar-refractivity contribution in [3.63, 3.8) is 0 Å². The first-order valence-corrected chi connectivity index (χ1v) is 21.6. The molecule has 0 fully saturated rings. The molecule has 4 aliphatic rings. The summed E-state index contributed by atoms with van der Waals surface area (Å²) in [7, 11) is 0. The lowest BCUT2D eigenvalue weighted by atomic mass is 9.34. The van der Waals surface area contributed by atoms with Gasteiger partial charge in [0, 0.05) is 21.6 Å². The molecule has 4 nitrogen and oxygen atoms in total. The van der Waals surface area contributed by atoms with Crippen LogP contribution in [0.25, 0.3) is 88.8 Å². The van der Waals surface area contributed by atoms with Gasteiger partial charge >= 0.3 is 0 Å². The van der Waals surface area contributed by atoms with Gasteiger partial charge < -0.3 is 0 Å². The average molecular weight is 779 g/mol. The fourth-order valence-corrected chi connectivity index (χ4v) is 11.9. The van der Waals surface area contributed by atoms with Gasteiger partial charge in [0.25, 0.3) is 6.71 Å². The smallest absolute Gasteiger partial charge is 0.234 e. The Balaban J connectivity index is 1.16. The van der Waals surface area contributed by atoms with E-state index in [2.05, 4.69) is 201 Å². The molecule has 0 bridgehead atoms. The summed E-state index contributed by atoms with van der Waals surface area (Å²) >= 11 is 0. The van der Waals surface area contributed by atoms with Crippen LogP contribution in [-0.4, -0.2) is 26.3 Å². The average Bonchev–Trinajstić information content (AvgIpc) is 3.92. The van der Waals surface area contributed by atoms with E-state index in [1.807, 2.05) is 0 Å². The topological polar surface area (TPSA) is 35.6 Å². The van der Waals surface area contributed by atoms with Crippen LogP contribution in [-0.2, 0) is 10.8 Å². The molecular weight excluding hydrogens is 739 g/mol. The lowest BCUT2D eigenvalue weighted by Crippen LogP contribution is -2.59. The van der Waals surface area contributed by atoms with E-state index in [0.717, 1.165) is 28.3 Å². The van der Waals surface area contributed by atoms with Gasteiger partial charge in [-0.2, -0.15) is 10.2 Å². The third-order valence-corrected chi connectivity index (χ3v) is 14.7. The fraction of sp³-hybridized carbons (Fsp3) is 0.107. The number of hydrogen-bond donors (Lipinski definition) is 0. The molecule has 0 N–H and O–H groups in total. The van der Waals surface area contributed by atoms with Gasteiger partial charge in [0.15, 0.2) is 0 Å². The predicted octanol–water partition coefficient (Wildman–Crippen LogP) is 11.1. The molecular formula is C56H39BN4. The molecule has 2 aromatic heterocycles. The largest absolute Gasteiger partial charge is 0.252 e.